The van der Waals surface area contributed by atoms with E-state index in [0.29, 0.717) is 25.9 Å². The minimum absolute atomic E-state index is 0. The number of halogens is 2. The van der Waals surface area contributed by atoms with Crippen molar-refractivity contribution in [3.8, 4) is 22.8 Å². The molecule has 5 rings (SSSR count). The number of fused-ring (bicyclic) bond motifs is 4. The maximum Gasteiger partial charge on any atom is 0.387 e. The van der Waals surface area contributed by atoms with Gasteiger partial charge in [-0.2, -0.15) is 13.9 Å². The molecule has 1 aromatic heterocycles. The van der Waals surface area contributed by atoms with Crippen molar-refractivity contribution in [1.29, 1.82) is 0 Å². The van der Waals surface area contributed by atoms with Crippen LogP contribution in [0, 0.1) is 0 Å². The zero-order valence-electron chi connectivity index (χ0n) is 16.0. The summed E-state index contributed by atoms with van der Waals surface area (Å²) < 4.78 is 36.4. The van der Waals surface area contributed by atoms with Crippen molar-refractivity contribution in [2.24, 2.45) is 0 Å². The number of hydrogen-bond acceptors (Lipinski definition) is 4. The van der Waals surface area contributed by atoms with Crippen molar-refractivity contribution >= 4 is 5.91 Å². The lowest BCUT2D eigenvalue weighted by Crippen LogP contribution is -2.49. The number of carbonyl (C=O) groups is 1. The molecule has 6 nitrogen and oxygen atoms in total. The number of para-hydroxylation sites is 2. The average Bonchev–Trinajstić information content (AvgIpc) is 3.25. The van der Waals surface area contributed by atoms with Crippen molar-refractivity contribution in [2.45, 2.75) is 25.1 Å². The number of nitrogens with one attached hydrogen (secondary N) is 1. The van der Waals surface area contributed by atoms with Crippen LogP contribution in [0.15, 0.2) is 54.7 Å². The Morgan fingerprint density at radius 2 is 1.90 bits per heavy atom. The number of nitrogens with zero attached hydrogens (tertiary/aromatic N) is 2. The van der Waals surface area contributed by atoms with Crippen LogP contribution in [0.25, 0.3) is 11.3 Å². The maximum atomic E-state index is 13.0. The van der Waals surface area contributed by atoms with E-state index in [1.54, 1.807) is 23.2 Å². The van der Waals surface area contributed by atoms with Crippen LogP contribution in [-0.2, 0) is 5.60 Å². The Labute approximate surface area is 172 Å². The molecule has 30 heavy (non-hydrogen) atoms. The highest BCUT2D eigenvalue weighted by Crippen LogP contribution is 2.48. The van der Waals surface area contributed by atoms with Crippen molar-refractivity contribution in [2.75, 3.05) is 13.1 Å². The Kier molecular flexibility index (Phi) is 4.42. The highest BCUT2D eigenvalue weighted by Gasteiger charge is 2.45. The van der Waals surface area contributed by atoms with E-state index in [1.165, 1.54) is 12.1 Å². The second-order valence-corrected chi connectivity index (χ2v) is 7.42. The summed E-state index contributed by atoms with van der Waals surface area (Å²) in [5.41, 5.74) is 2.44. The molecule has 0 atom stereocenters. The zero-order valence-corrected chi connectivity index (χ0v) is 16.0. The normalized spacial score (nSPS) is 16.7. The van der Waals surface area contributed by atoms with Gasteiger partial charge in [0.2, 0.25) is 0 Å². The summed E-state index contributed by atoms with van der Waals surface area (Å²) in [6.45, 7) is -2.14. The number of ether oxygens (including phenoxy) is 2. The van der Waals surface area contributed by atoms with Crippen LogP contribution in [0.3, 0.4) is 0 Å². The number of H-pyrrole nitrogens is 1. The molecule has 8 heteroatoms. The Hall–Kier alpha value is -3.42. The van der Waals surface area contributed by atoms with E-state index in [0.717, 1.165) is 22.6 Å². The maximum absolute atomic E-state index is 13.0. The SMILES string of the molecule is O=C(c1ccccc1OC(F)F)N1CCC2(CC1)Oc1ccccc1-c1[nH]ncc12.[HH]. The molecule has 156 valence electrons. The lowest BCUT2D eigenvalue weighted by Gasteiger charge is -2.44. The second-order valence-electron chi connectivity index (χ2n) is 7.42. The fourth-order valence-electron chi connectivity index (χ4n) is 4.32. The van der Waals surface area contributed by atoms with Crippen LogP contribution in [0.1, 0.15) is 30.2 Å². The molecule has 0 bridgehead atoms. The fraction of sp³-hybridized carbons (Fsp3) is 0.273. The molecule has 2 aliphatic heterocycles. The van der Waals surface area contributed by atoms with Gasteiger partial charge in [-0.1, -0.05) is 24.3 Å². The van der Waals surface area contributed by atoms with E-state index in [2.05, 4.69) is 14.9 Å². The van der Waals surface area contributed by atoms with Gasteiger partial charge < -0.3 is 14.4 Å². The minimum Gasteiger partial charge on any atom is -0.482 e. The van der Waals surface area contributed by atoms with E-state index in [1.807, 2.05) is 24.3 Å². The third-order valence-corrected chi connectivity index (χ3v) is 5.78. The number of carbonyl (C=O) groups excluding carboxylic acids is 1. The molecule has 1 N–H and O–H groups in total. The van der Waals surface area contributed by atoms with Gasteiger partial charge in [0.1, 0.15) is 17.1 Å². The highest BCUT2D eigenvalue weighted by molar-refractivity contribution is 5.97. The van der Waals surface area contributed by atoms with Gasteiger partial charge in [-0.15, -0.1) is 0 Å². The van der Waals surface area contributed by atoms with E-state index >= 15 is 0 Å². The third-order valence-electron chi connectivity index (χ3n) is 5.78. The third kappa shape index (κ3) is 2.99. The predicted octanol–water partition coefficient (Wildman–Crippen LogP) is 4.45. The number of aromatic amines is 1. The largest absolute Gasteiger partial charge is 0.482 e. The lowest BCUT2D eigenvalue weighted by atomic mass is 9.81. The number of aromatic nitrogens is 2. The molecule has 0 aliphatic carbocycles. The summed E-state index contributed by atoms with van der Waals surface area (Å²) in [6, 6.07) is 13.9. The average molecular weight is 413 g/mol. The Morgan fingerprint density at radius 1 is 1.17 bits per heavy atom. The molecule has 0 radical (unpaired) electrons. The topological polar surface area (TPSA) is 67.4 Å². The van der Waals surface area contributed by atoms with Crippen molar-refractivity contribution in [3.63, 3.8) is 0 Å². The summed E-state index contributed by atoms with van der Waals surface area (Å²) in [4.78, 5) is 14.7. The fourth-order valence-corrected chi connectivity index (χ4v) is 4.32. The van der Waals surface area contributed by atoms with Gasteiger partial charge in [0.25, 0.3) is 5.91 Å². The van der Waals surface area contributed by atoms with Gasteiger partial charge in [0, 0.05) is 38.5 Å². The lowest BCUT2D eigenvalue weighted by molar-refractivity contribution is -0.0504. The predicted molar refractivity (Wildman–Crippen MR) is 107 cm³/mol. The van der Waals surface area contributed by atoms with Crippen LogP contribution < -0.4 is 9.47 Å². The summed E-state index contributed by atoms with van der Waals surface area (Å²) >= 11 is 0. The van der Waals surface area contributed by atoms with Gasteiger partial charge in [-0.25, -0.2) is 0 Å². The molecule has 3 aromatic rings. The minimum atomic E-state index is -2.99. The quantitative estimate of drug-likeness (QED) is 0.689. The molecule has 1 saturated heterocycles. The molecule has 1 spiro atoms. The molecule has 0 unspecified atom stereocenters. The monoisotopic (exact) mass is 413 g/mol. The summed E-state index contributed by atoms with van der Waals surface area (Å²) in [5, 5.41) is 7.29. The van der Waals surface area contributed by atoms with Gasteiger partial charge in [-0.05, 0) is 24.3 Å². The Bertz CT molecular complexity index is 1100. The molecule has 0 saturated carbocycles. The number of hydrogen-bond donors (Lipinski definition) is 1. The first-order chi connectivity index (χ1) is 14.6. The Balaban J connectivity index is 0.00000231. The number of likely N-dealkylation sites (tertiary alicyclic amines) is 1. The number of benzene rings is 2. The van der Waals surface area contributed by atoms with Crippen molar-refractivity contribution in [1.82, 2.24) is 15.1 Å². The Morgan fingerprint density at radius 3 is 2.70 bits per heavy atom. The van der Waals surface area contributed by atoms with Gasteiger partial charge >= 0.3 is 6.61 Å². The highest BCUT2D eigenvalue weighted by atomic mass is 19.3. The molecule has 1 fully saturated rings. The first kappa shape index (κ1) is 18.6. The number of rotatable bonds is 3. The van der Waals surface area contributed by atoms with Crippen LogP contribution in [0.4, 0.5) is 8.78 Å². The van der Waals surface area contributed by atoms with E-state index in [9.17, 15) is 13.6 Å². The molecule has 2 aliphatic rings. The number of piperidine rings is 1. The smallest absolute Gasteiger partial charge is 0.387 e. The first-order valence-electron chi connectivity index (χ1n) is 9.73. The van der Waals surface area contributed by atoms with Crippen molar-refractivity contribution in [3.05, 3.63) is 65.9 Å². The van der Waals surface area contributed by atoms with E-state index in [4.69, 9.17) is 4.74 Å². The zero-order chi connectivity index (χ0) is 20.7. The summed E-state index contributed by atoms with van der Waals surface area (Å²) in [5.74, 6) is 0.340. The van der Waals surface area contributed by atoms with Crippen LogP contribution in [0.2, 0.25) is 0 Å². The second kappa shape index (κ2) is 7.12. The van der Waals surface area contributed by atoms with Crippen LogP contribution in [-0.4, -0.2) is 40.7 Å². The van der Waals surface area contributed by atoms with E-state index in [-0.39, 0.29) is 18.6 Å². The van der Waals surface area contributed by atoms with Crippen LogP contribution in [0.5, 0.6) is 11.5 Å². The van der Waals surface area contributed by atoms with E-state index < -0.39 is 12.2 Å². The van der Waals surface area contributed by atoms with Gasteiger partial charge in [0.05, 0.1) is 17.5 Å². The molecular weight excluding hydrogens is 392 g/mol. The van der Waals surface area contributed by atoms with Crippen molar-refractivity contribution < 1.29 is 24.5 Å². The van der Waals surface area contributed by atoms with Gasteiger partial charge in [0.15, 0.2) is 0 Å². The van der Waals surface area contributed by atoms with Crippen LogP contribution >= 0.6 is 0 Å². The first-order valence-corrected chi connectivity index (χ1v) is 9.73. The van der Waals surface area contributed by atoms with Gasteiger partial charge in [-0.3, -0.25) is 9.89 Å². The molecule has 2 aromatic carbocycles. The molecular formula is C22H21F2N3O3. The summed E-state index contributed by atoms with van der Waals surface area (Å²) in [7, 11) is 0. The number of amides is 1. The molecule has 3 heterocycles. The summed E-state index contributed by atoms with van der Waals surface area (Å²) in [6.07, 6.45) is 2.92. The number of alkyl halides is 2. The molecule has 1 amide bonds. The standard InChI is InChI=1S/C22H19F2N3O3.H2/c23-21(24)29-17-7-3-2-6-15(17)20(28)27-11-9-22(10-12-27)16-13-25-26-19(16)14-5-1-4-8-18(14)30-22;/h1-8,13,21H,9-12H2,(H,25,26);1H.